The summed E-state index contributed by atoms with van der Waals surface area (Å²) in [5.41, 5.74) is 0.552. The van der Waals surface area contributed by atoms with Crippen LogP contribution in [0.5, 0.6) is 0 Å². The summed E-state index contributed by atoms with van der Waals surface area (Å²) < 4.78 is 4.78. The molecule has 2 unspecified atom stereocenters. The maximum absolute atomic E-state index is 12.8. The van der Waals surface area contributed by atoms with E-state index in [1.165, 1.54) is 18.4 Å². The zero-order chi connectivity index (χ0) is 18.3. The van der Waals surface area contributed by atoms with Crippen molar-refractivity contribution in [2.75, 3.05) is 31.6 Å². The van der Waals surface area contributed by atoms with E-state index < -0.39 is 12.0 Å². The summed E-state index contributed by atoms with van der Waals surface area (Å²) in [7, 11) is 1.32. The Morgan fingerprint density at radius 2 is 2.11 bits per heavy atom. The summed E-state index contributed by atoms with van der Waals surface area (Å²) in [6.45, 7) is 2.43. The van der Waals surface area contributed by atoms with Gasteiger partial charge in [0.05, 0.1) is 12.7 Å². The molecule has 148 valence electrons. The van der Waals surface area contributed by atoms with Crippen LogP contribution in [-0.2, 0) is 14.3 Å². The number of rotatable bonds is 4. The molecular formula is C18H24ClN3O4S. The summed E-state index contributed by atoms with van der Waals surface area (Å²) >= 11 is 1.34. The average Bonchev–Trinajstić information content (AvgIpc) is 2.97. The highest BCUT2D eigenvalue weighted by Gasteiger charge is 2.58. The van der Waals surface area contributed by atoms with E-state index in [4.69, 9.17) is 4.74 Å². The molecule has 2 amide bonds. The molecule has 4 rings (SSSR count). The predicted molar refractivity (Wildman–Crippen MR) is 104 cm³/mol. The van der Waals surface area contributed by atoms with E-state index in [1.807, 2.05) is 0 Å². The first-order chi connectivity index (χ1) is 12.6. The average molecular weight is 414 g/mol. The van der Waals surface area contributed by atoms with Crippen LogP contribution in [0.3, 0.4) is 0 Å². The van der Waals surface area contributed by atoms with E-state index in [0.717, 1.165) is 32.4 Å². The Morgan fingerprint density at radius 3 is 2.81 bits per heavy atom. The van der Waals surface area contributed by atoms with Gasteiger partial charge in [-0.15, -0.1) is 23.7 Å². The second kappa shape index (κ2) is 7.77. The minimum Gasteiger partial charge on any atom is -0.465 e. The minimum atomic E-state index is -0.505. The number of ether oxygens (including phenoxy) is 1. The Morgan fingerprint density at radius 1 is 1.37 bits per heavy atom. The first-order valence-corrected chi connectivity index (χ1v) is 9.92. The third kappa shape index (κ3) is 3.58. The molecule has 2 atom stereocenters. The van der Waals surface area contributed by atoms with E-state index in [9.17, 15) is 14.4 Å². The molecule has 1 spiro atoms. The maximum Gasteiger partial charge on any atom is 0.340 e. The third-order valence-corrected chi connectivity index (χ3v) is 6.86. The topological polar surface area (TPSA) is 87.7 Å². The number of piperidine rings is 1. The van der Waals surface area contributed by atoms with Crippen LogP contribution in [-0.4, -0.2) is 50.6 Å². The Bertz CT molecular complexity index is 747. The number of carbonyl (C=O) groups excluding carboxylic acids is 3. The molecule has 3 aliphatic rings. The highest BCUT2D eigenvalue weighted by atomic mass is 35.5. The van der Waals surface area contributed by atoms with Gasteiger partial charge in [0.2, 0.25) is 11.8 Å². The van der Waals surface area contributed by atoms with Crippen molar-refractivity contribution in [3.05, 3.63) is 17.0 Å². The molecule has 1 saturated carbocycles. The highest BCUT2D eigenvalue weighted by Crippen LogP contribution is 2.58. The van der Waals surface area contributed by atoms with Crippen molar-refractivity contribution < 1.29 is 19.1 Å². The van der Waals surface area contributed by atoms with Gasteiger partial charge in [-0.05, 0) is 55.6 Å². The van der Waals surface area contributed by atoms with Crippen LogP contribution >= 0.6 is 23.7 Å². The zero-order valence-electron chi connectivity index (χ0n) is 15.2. The van der Waals surface area contributed by atoms with Gasteiger partial charge in [0.1, 0.15) is 11.0 Å². The molecule has 1 aromatic rings. The van der Waals surface area contributed by atoms with E-state index >= 15 is 0 Å². The molecular weight excluding hydrogens is 390 g/mol. The van der Waals surface area contributed by atoms with E-state index in [2.05, 4.69) is 10.6 Å². The van der Waals surface area contributed by atoms with Gasteiger partial charge in [-0.2, -0.15) is 0 Å². The van der Waals surface area contributed by atoms with Crippen molar-refractivity contribution >= 4 is 46.5 Å². The van der Waals surface area contributed by atoms with Crippen LogP contribution in [0.4, 0.5) is 5.00 Å². The second-order valence-corrected chi connectivity index (χ2v) is 8.23. The normalized spacial score (nSPS) is 25.8. The van der Waals surface area contributed by atoms with Gasteiger partial charge in [-0.1, -0.05) is 0 Å². The number of methoxy groups -OCH3 is 1. The largest absolute Gasteiger partial charge is 0.465 e. The van der Waals surface area contributed by atoms with Gasteiger partial charge in [-0.3, -0.25) is 9.59 Å². The summed E-state index contributed by atoms with van der Waals surface area (Å²) in [4.78, 5) is 38.8. The summed E-state index contributed by atoms with van der Waals surface area (Å²) in [6.07, 6.45) is 3.56. The number of anilines is 1. The number of nitrogens with zero attached hydrogens (tertiary/aromatic N) is 1. The van der Waals surface area contributed by atoms with Crippen LogP contribution in [0.2, 0.25) is 0 Å². The van der Waals surface area contributed by atoms with Gasteiger partial charge in [0.25, 0.3) is 0 Å². The molecule has 0 aromatic carbocycles. The number of halogens is 1. The van der Waals surface area contributed by atoms with Crippen LogP contribution in [0.25, 0.3) is 0 Å². The Labute approximate surface area is 168 Å². The van der Waals surface area contributed by atoms with Gasteiger partial charge in [-0.25, -0.2) is 4.79 Å². The first kappa shape index (κ1) is 20.1. The van der Waals surface area contributed by atoms with Gasteiger partial charge < -0.3 is 20.3 Å². The Balaban J connectivity index is 0.00000210. The summed E-state index contributed by atoms with van der Waals surface area (Å²) in [5, 5.41) is 8.65. The predicted octanol–water partition coefficient (Wildman–Crippen LogP) is 1.57. The van der Waals surface area contributed by atoms with E-state index in [1.54, 1.807) is 16.3 Å². The second-order valence-electron chi connectivity index (χ2n) is 7.34. The van der Waals surface area contributed by atoms with Gasteiger partial charge in [0, 0.05) is 12.5 Å². The molecule has 1 aliphatic carbocycles. The fraction of sp³-hybridized carbons (Fsp3) is 0.611. The molecule has 9 heteroatoms. The zero-order valence-corrected chi connectivity index (χ0v) is 16.8. The molecule has 0 bridgehead atoms. The lowest BCUT2D eigenvalue weighted by Crippen LogP contribution is -2.43. The number of thiophene rings is 1. The van der Waals surface area contributed by atoms with Crippen molar-refractivity contribution in [2.45, 2.75) is 31.7 Å². The van der Waals surface area contributed by atoms with Crippen LogP contribution in [0.1, 0.15) is 36.0 Å². The summed E-state index contributed by atoms with van der Waals surface area (Å²) in [6, 6.07) is 1.16. The SMILES string of the molecule is COC(=O)c1ccsc1N1CCC(NC(=O)C2CC23CCNCC3)C1=O.Cl. The molecule has 3 heterocycles. The van der Waals surface area contributed by atoms with E-state index in [-0.39, 0.29) is 35.6 Å². The Hall–Kier alpha value is -1.64. The molecule has 2 aliphatic heterocycles. The summed E-state index contributed by atoms with van der Waals surface area (Å²) in [5.74, 6) is -0.552. The fourth-order valence-electron chi connectivity index (χ4n) is 4.26. The lowest BCUT2D eigenvalue weighted by Gasteiger charge is -2.23. The molecule has 0 radical (unpaired) electrons. The lowest BCUT2D eigenvalue weighted by atomic mass is 9.91. The fourth-order valence-corrected chi connectivity index (χ4v) is 5.18. The van der Waals surface area contributed by atoms with Crippen molar-refractivity contribution in [3.8, 4) is 0 Å². The number of hydrogen-bond donors (Lipinski definition) is 2. The smallest absolute Gasteiger partial charge is 0.340 e. The molecule has 3 fully saturated rings. The van der Waals surface area contributed by atoms with Crippen molar-refractivity contribution in [1.82, 2.24) is 10.6 Å². The quantitative estimate of drug-likeness (QED) is 0.731. The van der Waals surface area contributed by atoms with E-state index in [0.29, 0.717) is 23.5 Å². The van der Waals surface area contributed by atoms with Gasteiger partial charge >= 0.3 is 5.97 Å². The van der Waals surface area contributed by atoms with Crippen LogP contribution in [0.15, 0.2) is 11.4 Å². The molecule has 27 heavy (non-hydrogen) atoms. The standard InChI is InChI=1S/C18H23N3O4S.ClH/c1-25-17(24)11-3-9-26-16(11)21-8-2-13(15(21)23)20-14(22)12-10-18(12)4-6-19-7-5-18;/h3,9,12-13,19H,2,4-8,10H2,1H3,(H,20,22);1H. The van der Waals surface area contributed by atoms with Crippen molar-refractivity contribution in [1.29, 1.82) is 0 Å². The molecule has 2 saturated heterocycles. The third-order valence-electron chi connectivity index (χ3n) is 5.92. The maximum atomic E-state index is 12.8. The van der Waals surface area contributed by atoms with Crippen LogP contribution in [0, 0.1) is 11.3 Å². The first-order valence-electron chi connectivity index (χ1n) is 9.04. The highest BCUT2D eigenvalue weighted by molar-refractivity contribution is 7.14. The number of nitrogens with one attached hydrogen (secondary N) is 2. The number of hydrogen-bond acceptors (Lipinski definition) is 6. The molecule has 2 N–H and O–H groups in total. The number of carbonyl (C=O) groups is 3. The number of amides is 2. The van der Waals surface area contributed by atoms with Crippen molar-refractivity contribution in [3.63, 3.8) is 0 Å². The van der Waals surface area contributed by atoms with Crippen molar-refractivity contribution in [2.24, 2.45) is 11.3 Å². The van der Waals surface area contributed by atoms with Crippen LogP contribution < -0.4 is 15.5 Å². The molecule has 1 aromatic heterocycles. The van der Waals surface area contributed by atoms with Gasteiger partial charge in [0.15, 0.2) is 0 Å². The monoisotopic (exact) mass is 413 g/mol. The molecule has 7 nitrogen and oxygen atoms in total. The lowest BCUT2D eigenvalue weighted by molar-refractivity contribution is -0.127. The minimum absolute atomic E-state index is 0. The Kier molecular flexibility index (Phi) is 5.79. The number of esters is 1.